The zero-order valence-corrected chi connectivity index (χ0v) is 8.48. The van der Waals surface area contributed by atoms with Crippen LogP contribution in [0.3, 0.4) is 0 Å². The highest BCUT2D eigenvalue weighted by atomic mass is 16.2. The van der Waals surface area contributed by atoms with E-state index in [1.54, 1.807) is 6.21 Å². The van der Waals surface area contributed by atoms with Crippen molar-refractivity contribution < 1.29 is 9.59 Å². The predicted octanol–water partition coefficient (Wildman–Crippen LogP) is 0.00990. The summed E-state index contributed by atoms with van der Waals surface area (Å²) in [5.74, 6) is 0.189. The molecule has 2 bridgehead atoms. The number of carbonyl (C=O) groups excluding carboxylic acids is 2. The Morgan fingerprint density at radius 3 is 2.67 bits per heavy atom. The number of nitrogens with zero attached hydrogens (tertiary/aromatic N) is 1. The van der Waals surface area contributed by atoms with Crippen LogP contribution < -0.4 is 11.2 Å². The molecule has 0 aliphatic heterocycles. The maximum absolute atomic E-state index is 10.8. The van der Waals surface area contributed by atoms with Crippen LogP contribution in [0.25, 0.3) is 0 Å². The van der Waals surface area contributed by atoms with Gasteiger partial charge in [-0.2, -0.15) is 5.10 Å². The van der Waals surface area contributed by atoms with Crippen molar-refractivity contribution in [3.8, 4) is 0 Å². The zero-order valence-electron chi connectivity index (χ0n) is 8.48. The molecule has 0 unspecified atom stereocenters. The van der Waals surface area contributed by atoms with Gasteiger partial charge in [0.1, 0.15) is 0 Å². The Kier molecular flexibility index (Phi) is 2.70. The fourth-order valence-electron chi connectivity index (χ4n) is 2.72. The molecule has 5 nitrogen and oxygen atoms in total. The standard InChI is InChI=1S/C10H15N3O2/c11-9(14)10(15)13-12-5-8-4-6-1-2-7(8)3-6/h5-8H,1-4H2,(H2,11,14)(H,13,15)/b12-5-/t6-,7-,8+/m0/s1. The topological polar surface area (TPSA) is 84.5 Å². The fraction of sp³-hybridized carbons (Fsp3) is 0.700. The molecule has 2 aliphatic rings. The SMILES string of the molecule is NC(=O)C(=O)N/N=C\[C@H]1C[C@H]2CC[C@H]1C2. The third-order valence-corrected chi connectivity index (χ3v) is 3.45. The molecule has 15 heavy (non-hydrogen) atoms. The monoisotopic (exact) mass is 209 g/mol. The first-order chi connectivity index (χ1) is 7.16. The van der Waals surface area contributed by atoms with Crippen molar-refractivity contribution >= 4 is 18.0 Å². The molecule has 0 saturated heterocycles. The average molecular weight is 209 g/mol. The molecular formula is C10H15N3O2. The number of nitrogens with two attached hydrogens (primary N) is 1. The van der Waals surface area contributed by atoms with Gasteiger partial charge in [0.15, 0.2) is 0 Å². The van der Waals surface area contributed by atoms with Gasteiger partial charge in [-0.1, -0.05) is 6.42 Å². The highest BCUT2D eigenvalue weighted by molar-refractivity contribution is 6.34. The molecule has 2 amide bonds. The lowest BCUT2D eigenvalue weighted by molar-refractivity contribution is -0.137. The summed E-state index contributed by atoms with van der Waals surface area (Å²) in [6, 6.07) is 0. The fourth-order valence-corrected chi connectivity index (χ4v) is 2.72. The molecule has 2 aliphatic carbocycles. The smallest absolute Gasteiger partial charge is 0.329 e. The average Bonchev–Trinajstić information content (AvgIpc) is 2.78. The van der Waals surface area contributed by atoms with E-state index in [0.717, 1.165) is 11.8 Å². The Labute approximate surface area is 88.1 Å². The van der Waals surface area contributed by atoms with Gasteiger partial charge in [-0.25, -0.2) is 5.43 Å². The summed E-state index contributed by atoms with van der Waals surface area (Å²) < 4.78 is 0. The number of fused-ring (bicyclic) bond motifs is 2. The molecule has 0 spiro atoms. The van der Waals surface area contributed by atoms with Crippen LogP contribution in [-0.2, 0) is 9.59 Å². The van der Waals surface area contributed by atoms with Crippen LogP contribution in [0.5, 0.6) is 0 Å². The molecule has 2 fully saturated rings. The van der Waals surface area contributed by atoms with Gasteiger partial charge in [0.2, 0.25) is 0 Å². The van der Waals surface area contributed by atoms with Gasteiger partial charge in [0.05, 0.1) is 0 Å². The van der Waals surface area contributed by atoms with Gasteiger partial charge in [-0.3, -0.25) is 9.59 Å². The third kappa shape index (κ3) is 2.16. The van der Waals surface area contributed by atoms with Gasteiger partial charge in [0, 0.05) is 6.21 Å². The number of rotatable bonds is 2. The number of amides is 2. The van der Waals surface area contributed by atoms with Gasteiger partial charge in [-0.05, 0) is 37.0 Å². The molecule has 5 heteroatoms. The van der Waals surface area contributed by atoms with E-state index in [2.05, 4.69) is 10.5 Å². The highest BCUT2D eigenvalue weighted by Crippen LogP contribution is 2.47. The highest BCUT2D eigenvalue weighted by Gasteiger charge is 2.38. The summed E-state index contributed by atoms with van der Waals surface area (Å²) in [7, 11) is 0. The first-order valence-corrected chi connectivity index (χ1v) is 5.29. The van der Waals surface area contributed by atoms with E-state index in [9.17, 15) is 9.59 Å². The van der Waals surface area contributed by atoms with Crippen LogP contribution in [0, 0.1) is 17.8 Å². The Bertz CT molecular complexity index is 314. The van der Waals surface area contributed by atoms with Crippen LogP contribution in [0.2, 0.25) is 0 Å². The van der Waals surface area contributed by atoms with E-state index in [1.165, 1.54) is 25.7 Å². The van der Waals surface area contributed by atoms with E-state index in [1.807, 2.05) is 0 Å². The number of carbonyl (C=O) groups is 2. The summed E-state index contributed by atoms with van der Waals surface area (Å²) in [6.45, 7) is 0. The molecule has 2 rings (SSSR count). The lowest BCUT2D eigenvalue weighted by atomic mass is 9.90. The molecule has 3 atom stereocenters. The minimum atomic E-state index is -1.000. The number of hydrogen-bond donors (Lipinski definition) is 2. The van der Waals surface area contributed by atoms with Gasteiger partial charge in [-0.15, -0.1) is 0 Å². The summed E-state index contributed by atoms with van der Waals surface area (Å²) in [5.41, 5.74) is 6.89. The normalized spacial score (nSPS) is 33.5. The number of hydrogen-bond acceptors (Lipinski definition) is 3. The first-order valence-electron chi connectivity index (χ1n) is 5.29. The predicted molar refractivity (Wildman–Crippen MR) is 54.8 cm³/mol. The minimum Gasteiger partial charge on any atom is -0.361 e. The molecular weight excluding hydrogens is 194 g/mol. The molecule has 82 valence electrons. The van der Waals surface area contributed by atoms with Gasteiger partial charge in [0.25, 0.3) is 0 Å². The molecule has 0 radical (unpaired) electrons. The summed E-state index contributed by atoms with van der Waals surface area (Å²) in [6.07, 6.45) is 6.82. The van der Waals surface area contributed by atoms with E-state index < -0.39 is 11.8 Å². The van der Waals surface area contributed by atoms with Crippen molar-refractivity contribution in [1.82, 2.24) is 5.43 Å². The molecule has 0 aromatic carbocycles. The minimum absolute atomic E-state index is 0.469. The summed E-state index contributed by atoms with van der Waals surface area (Å²) >= 11 is 0. The summed E-state index contributed by atoms with van der Waals surface area (Å²) in [5, 5.41) is 3.77. The van der Waals surface area contributed by atoms with E-state index >= 15 is 0 Å². The van der Waals surface area contributed by atoms with Crippen molar-refractivity contribution in [1.29, 1.82) is 0 Å². The number of hydrazone groups is 1. The summed E-state index contributed by atoms with van der Waals surface area (Å²) in [4.78, 5) is 21.2. The second kappa shape index (κ2) is 4.00. The first kappa shape index (κ1) is 10.1. The maximum Gasteiger partial charge on any atom is 0.329 e. The van der Waals surface area contributed by atoms with Gasteiger partial charge < -0.3 is 5.73 Å². The molecule has 3 N–H and O–H groups in total. The van der Waals surface area contributed by atoms with Crippen molar-refractivity contribution in [3.05, 3.63) is 0 Å². The van der Waals surface area contributed by atoms with Crippen LogP contribution >= 0.6 is 0 Å². The number of nitrogens with one attached hydrogen (secondary N) is 1. The van der Waals surface area contributed by atoms with Crippen molar-refractivity contribution in [3.63, 3.8) is 0 Å². The van der Waals surface area contributed by atoms with E-state index in [0.29, 0.717) is 5.92 Å². The Morgan fingerprint density at radius 2 is 2.13 bits per heavy atom. The van der Waals surface area contributed by atoms with Crippen molar-refractivity contribution in [2.75, 3.05) is 0 Å². The third-order valence-electron chi connectivity index (χ3n) is 3.45. The van der Waals surface area contributed by atoms with E-state index in [-0.39, 0.29) is 0 Å². The molecule has 0 heterocycles. The van der Waals surface area contributed by atoms with Crippen LogP contribution in [0.4, 0.5) is 0 Å². The Morgan fingerprint density at radius 1 is 1.33 bits per heavy atom. The van der Waals surface area contributed by atoms with E-state index in [4.69, 9.17) is 5.73 Å². The zero-order chi connectivity index (χ0) is 10.8. The Hall–Kier alpha value is -1.39. The van der Waals surface area contributed by atoms with Crippen molar-refractivity contribution in [2.24, 2.45) is 28.6 Å². The number of primary amides is 1. The molecule has 2 saturated carbocycles. The largest absolute Gasteiger partial charge is 0.361 e. The van der Waals surface area contributed by atoms with Crippen molar-refractivity contribution in [2.45, 2.75) is 25.7 Å². The lowest BCUT2D eigenvalue weighted by Crippen LogP contribution is -2.33. The second-order valence-electron chi connectivity index (χ2n) is 4.42. The maximum atomic E-state index is 10.8. The van der Waals surface area contributed by atoms with Crippen LogP contribution in [0.15, 0.2) is 5.10 Å². The lowest BCUT2D eigenvalue weighted by Gasteiger charge is -2.16. The molecule has 0 aromatic rings. The molecule has 0 aromatic heterocycles. The second-order valence-corrected chi connectivity index (χ2v) is 4.42. The quantitative estimate of drug-likeness (QED) is 0.381. The van der Waals surface area contributed by atoms with Crippen LogP contribution in [-0.4, -0.2) is 18.0 Å². The van der Waals surface area contributed by atoms with Crippen LogP contribution in [0.1, 0.15) is 25.7 Å². The Balaban J connectivity index is 1.80. The van der Waals surface area contributed by atoms with Gasteiger partial charge >= 0.3 is 11.8 Å².